The van der Waals surface area contributed by atoms with E-state index in [0.29, 0.717) is 18.9 Å². The van der Waals surface area contributed by atoms with Gasteiger partial charge in [0.05, 0.1) is 0 Å². The lowest BCUT2D eigenvalue weighted by Crippen LogP contribution is -2.24. The third-order valence-electron chi connectivity index (χ3n) is 2.93. The first-order valence-corrected chi connectivity index (χ1v) is 6.03. The van der Waals surface area contributed by atoms with Crippen molar-refractivity contribution in [3.05, 3.63) is 28.8 Å². The van der Waals surface area contributed by atoms with Crippen LogP contribution in [0.4, 0.5) is 5.69 Å². The number of hydrogen-bond acceptors (Lipinski definition) is 2. The summed E-state index contributed by atoms with van der Waals surface area (Å²) in [5.74, 6) is 0.485. The summed E-state index contributed by atoms with van der Waals surface area (Å²) >= 11 is 0. The maximum Gasteiger partial charge on any atom is 0.220 e. The Labute approximate surface area is 103 Å². The van der Waals surface area contributed by atoms with Crippen LogP contribution in [0, 0.1) is 19.8 Å². The molecule has 1 aromatic carbocycles. The molecular weight excluding hydrogens is 212 g/mol. The van der Waals surface area contributed by atoms with E-state index in [1.54, 1.807) is 0 Å². The normalized spacial score (nSPS) is 10.6. The van der Waals surface area contributed by atoms with Crippen molar-refractivity contribution < 1.29 is 4.79 Å². The van der Waals surface area contributed by atoms with Crippen LogP contribution >= 0.6 is 0 Å². The molecule has 0 aliphatic rings. The number of carbonyl (C=O) groups excluding carboxylic acids is 1. The highest BCUT2D eigenvalue weighted by Crippen LogP contribution is 2.19. The van der Waals surface area contributed by atoms with Gasteiger partial charge < -0.3 is 11.1 Å². The first kappa shape index (κ1) is 13.6. The molecule has 0 aliphatic heterocycles. The van der Waals surface area contributed by atoms with Gasteiger partial charge in [-0.3, -0.25) is 4.79 Å². The fourth-order valence-electron chi connectivity index (χ4n) is 1.81. The summed E-state index contributed by atoms with van der Waals surface area (Å²) < 4.78 is 0. The van der Waals surface area contributed by atoms with Gasteiger partial charge in [-0.05, 0) is 42.5 Å². The molecule has 0 saturated carbocycles. The van der Waals surface area contributed by atoms with Crippen molar-refractivity contribution in [1.82, 2.24) is 5.32 Å². The molecule has 0 atom stereocenters. The molecule has 0 bridgehead atoms. The molecule has 3 N–H and O–H groups in total. The van der Waals surface area contributed by atoms with E-state index in [0.717, 1.165) is 16.8 Å². The highest BCUT2D eigenvalue weighted by Gasteiger charge is 2.08. The second-order valence-corrected chi connectivity index (χ2v) is 4.95. The molecule has 0 fully saturated rings. The number of nitrogen functional groups attached to an aromatic ring is 1. The maximum atomic E-state index is 11.6. The molecule has 3 heteroatoms. The number of hydrogen-bond donors (Lipinski definition) is 2. The maximum absolute atomic E-state index is 11.6. The molecule has 1 rings (SSSR count). The van der Waals surface area contributed by atoms with Crippen LogP contribution in [0.5, 0.6) is 0 Å². The van der Waals surface area contributed by atoms with Gasteiger partial charge >= 0.3 is 0 Å². The SMILES string of the molecule is Cc1ccc(N)c(C)c1CNC(=O)CC(C)C. The largest absolute Gasteiger partial charge is 0.399 e. The molecule has 0 aliphatic carbocycles. The van der Waals surface area contributed by atoms with Crippen LogP contribution in [0.1, 0.15) is 37.0 Å². The summed E-state index contributed by atoms with van der Waals surface area (Å²) in [5.41, 5.74) is 10.0. The molecule has 0 aromatic heterocycles. The van der Waals surface area contributed by atoms with Crippen LogP contribution in [0.25, 0.3) is 0 Å². The lowest BCUT2D eigenvalue weighted by Gasteiger charge is -2.13. The molecule has 0 heterocycles. The number of carbonyl (C=O) groups is 1. The first-order chi connectivity index (χ1) is 7.91. The molecule has 1 aromatic rings. The van der Waals surface area contributed by atoms with Crippen molar-refractivity contribution in [1.29, 1.82) is 0 Å². The minimum Gasteiger partial charge on any atom is -0.399 e. The predicted molar refractivity (Wildman–Crippen MR) is 71.6 cm³/mol. The summed E-state index contributed by atoms with van der Waals surface area (Å²) in [4.78, 5) is 11.6. The molecular formula is C14H22N2O. The minimum absolute atomic E-state index is 0.0984. The molecule has 3 nitrogen and oxygen atoms in total. The van der Waals surface area contributed by atoms with Crippen LogP contribution in [-0.2, 0) is 11.3 Å². The van der Waals surface area contributed by atoms with E-state index in [1.807, 2.05) is 39.8 Å². The van der Waals surface area contributed by atoms with Crippen LogP contribution in [-0.4, -0.2) is 5.91 Å². The van der Waals surface area contributed by atoms with Crippen molar-refractivity contribution in [2.45, 2.75) is 40.7 Å². The van der Waals surface area contributed by atoms with E-state index < -0.39 is 0 Å². The standard InChI is InChI=1S/C14H22N2O/c1-9(2)7-14(17)16-8-12-10(3)5-6-13(15)11(12)4/h5-6,9H,7-8,15H2,1-4H3,(H,16,17). The lowest BCUT2D eigenvalue weighted by molar-refractivity contribution is -0.121. The molecule has 0 saturated heterocycles. The summed E-state index contributed by atoms with van der Waals surface area (Å²) in [6.07, 6.45) is 0.570. The van der Waals surface area contributed by atoms with Gasteiger partial charge in [0.1, 0.15) is 0 Å². The average Bonchev–Trinajstić information content (AvgIpc) is 2.23. The Morgan fingerprint density at radius 3 is 2.59 bits per heavy atom. The van der Waals surface area contributed by atoms with Crippen molar-refractivity contribution in [2.24, 2.45) is 5.92 Å². The Kier molecular flexibility index (Phi) is 4.55. The predicted octanol–water partition coefficient (Wildman–Crippen LogP) is 2.55. The third kappa shape index (κ3) is 3.77. The number of anilines is 1. The Hall–Kier alpha value is -1.51. The van der Waals surface area contributed by atoms with Gasteiger partial charge in [-0.25, -0.2) is 0 Å². The molecule has 0 unspecified atom stereocenters. The summed E-state index contributed by atoms with van der Waals surface area (Å²) in [7, 11) is 0. The average molecular weight is 234 g/mol. The quantitative estimate of drug-likeness (QED) is 0.787. The van der Waals surface area contributed by atoms with Crippen molar-refractivity contribution in [3.63, 3.8) is 0 Å². The Bertz CT molecular complexity index is 411. The van der Waals surface area contributed by atoms with E-state index in [4.69, 9.17) is 5.73 Å². The fraction of sp³-hybridized carbons (Fsp3) is 0.500. The lowest BCUT2D eigenvalue weighted by atomic mass is 10.0. The van der Waals surface area contributed by atoms with E-state index in [-0.39, 0.29) is 5.91 Å². The third-order valence-corrected chi connectivity index (χ3v) is 2.93. The van der Waals surface area contributed by atoms with Gasteiger partial charge in [0.15, 0.2) is 0 Å². The van der Waals surface area contributed by atoms with Crippen molar-refractivity contribution >= 4 is 11.6 Å². The van der Waals surface area contributed by atoms with Crippen LogP contribution < -0.4 is 11.1 Å². The second kappa shape index (κ2) is 5.71. The van der Waals surface area contributed by atoms with Gasteiger partial charge in [0, 0.05) is 18.7 Å². The Morgan fingerprint density at radius 2 is 2.00 bits per heavy atom. The van der Waals surface area contributed by atoms with Crippen molar-refractivity contribution in [2.75, 3.05) is 5.73 Å². The fourth-order valence-corrected chi connectivity index (χ4v) is 1.81. The number of aryl methyl sites for hydroxylation is 1. The van der Waals surface area contributed by atoms with Crippen LogP contribution in [0.3, 0.4) is 0 Å². The minimum atomic E-state index is 0.0984. The second-order valence-electron chi connectivity index (χ2n) is 4.95. The first-order valence-electron chi connectivity index (χ1n) is 6.03. The molecule has 0 spiro atoms. The number of amides is 1. The van der Waals surface area contributed by atoms with E-state index in [2.05, 4.69) is 5.32 Å². The van der Waals surface area contributed by atoms with E-state index >= 15 is 0 Å². The molecule has 17 heavy (non-hydrogen) atoms. The number of nitrogens with two attached hydrogens (primary N) is 1. The monoisotopic (exact) mass is 234 g/mol. The zero-order valence-electron chi connectivity index (χ0n) is 11.1. The van der Waals surface area contributed by atoms with Gasteiger partial charge in [-0.2, -0.15) is 0 Å². The number of benzene rings is 1. The zero-order chi connectivity index (χ0) is 13.0. The van der Waals surface area contributed by atoms with E-state index in [1.165, 1.54) is 5.56 Å². The highest BCUT2D eigenvalue weighted by atomic mass is 16.1. The number of nitrogens with one attached hydrogen (secondary N) is 1. The number of rotatable bonds is 4. The van der Waals surface area contributed by atoms with Gasteiger partial charge in [0.25, 0.3) is 0 Å². The molecule has 1 amide bonds. The topological polar surface area (TPSA) is 55.1 Å². The zero-order valence-corrected chi connectivity index (χ0v) is 11.1. The summed E-state index contributed by atoms with van der Waals surface area (Å²) in [6.45, 7) is 8.67. The molecule has 0 radical (unpaired) electrons. The van der Waals surface area contributed by atoms with Gasteiger partial charge in [-0.15, -0.1) is 0 Å². The summed E-state index contributed by atoms with van der Waals surface area (Å²) in [5, 5.41) is 2.94. The Balaban J connectivity index is 2.69. The van der Waals surface area contributed by atoms with Gasteiger partial charge in [0.2, 0.25) is 5.91 Å². The van der Waals surface area contributed by atoms with Crippen LogP contribution in [0.15, 0.2) is 12.1 Å². The summed E-state index contributed by atoms with van der Waals surface area (Å²) in [6, 6.07) is 3.90. The highest BCUT2D eigenvalue weighted by molar-refractivity contribution is 5.76. The molecule has 94 valence electrons. The van der Waals surface area contributed by atoms with Gasteiger partial charge in [-0.1, -0.05) is 19.9 Å². The smallest absolute Gasteiger partial charge is 0.220 e. The van der Waals surface area contributed by atoms with Crippen LogP contribution in [0.2, 0.25) is 0 Å². The van der Waals surface area contributed by atoms with Crippen molar-refractivity contribution in [3.8, 4) is 0 Å². The Morgan fingerprint density at radius 1 is 1.35 bits per heavy atom. The van der Waals surface area contributed by atoms with E-state index in [9.17, 15) is 4.79 Å².